The topological polar surface area (TPSA) is 43.8 Å². The van der Waals surface area contributed by atoms with E-state index in [1.54, 1.807) is 0 Å². The number of hydrogen-bond donors (Lipinski definition) is 1. The predicted molar refractivity (Wildman–Crippen MR) is 93.2 cm³/mol. The SMILES string of the molecule is Cc1cccc([C@@H](C(=O)N(C)CC2(CO)CCCC2)N(C)C)c1. The van der Waals surface area contributed by atoms with Crippen LogP contribution >= 0.6 is 0 Å². The van der Waals surface area contributed by atoms with Gasteiger partial charge in [0.25, 0.3) is 0 Å². The lowest BCUT2D eigenvalue weighted by molar-refractivity contribution is -0.137. The molecule has 0 aliphatic heterocycles. The second-order valence-corrected chi connectivity index (χ2v) is 7.34. The summed E-state index contributed by atoms with van der Waals surface area (Å²) in [6, 6.07) is 7.86. The minimum Gasteiger partial charge on any atom is -0.396 e. The molecule has 1 aromatic rings. The monoisotopic (exact) mass is 318 g/mol. The van der Waals surface area contributed by atoms with Gasteiger partial charge in [0, 0.05) is 19.0 Å². The van der Waals surface area contributed by atoms with Crippen LogP contribution in [0.5, 0.6) is 0 Å². The van der Waals surface area contributed by atoms with Gasteiger partial charge in [-0.05, 0) is 39.4 Å². The Morgan fingerprint density at radius 3 is 2.43 bits per heavy atom. The fourth-order valence-electron chi connectivity index (χ4n) is 3.78. The molecule has 4 heteroatoms. The van der Waals surface area contributed by atoms with Crippen LogP contribution in [0.1, 0.15) is 42.9 Å². The van der Waals surface area contributed by atoms with Crippen LogP contribution in [0.4, 0.5) is 0 Å². The van der Waals surface area contributed by atoms with E-state index in [1.165, 1.54) is 0 Å². The first-order valence-electron chi connectivity index (χ1n) is 8.47. The van der Waals surface area contributed by atoms with Crippen LogP contribution in [0.3, 0.4) is 0 Å². The van der Waals surface area contributed by atoms with Crippen molar-refractivity contribution in [3.8, 4) is 0 Å². The van der Waals surface area contributed by atoms with Gasteiger partial charge < -0.3 is 10.0 Å². The Bertz CT molecular complexity index is 536. The van der Waals surface area contributed by atoms with E-state index in [2.05, 4.69) is 6.07 Å². The van der Waals surface area contributed by atoms with E-state index in [1.807, 2.05) is 56.1 Å². The second kappa shape index (κ2) is 7.45. The number of rotatable bonds is 6. The molecule has 0 saturated heterocycles. The lowest BCUT2D eigenvalue weighted by atomic mass is 9.86. The molecule has 1 fully saturated rings. The van der Waals surface area contributed by atoms with Gasteiger partial charge in [0.1, 0.15) is 6.04 Å². The maximum absolute atomic E-state index is 13.0. The third kappa shape index (κ3) is 4.12. The van der Waals surface area contributed by atoms with Crippen LogP contribution in [0, 0.1) is 12.3 Å². The fraction of sp³-hybridized carbons (Fsp3) is 0.632. The first kappa shape index (κ1) is 18.0. The Balaban J connectivity index is 2.17. The van der Waals surface area contributed by atoms with Gasteiger partial charge in [0.05, 0.1) is 6.61 Å². The van der Waals surface area contributed by atoms with E-state index in [0.717, 1.165) is 36.8 Å². The van der Waals surface area contributed by atoms with Gasteiger partial charge in [-0.1, -0.05) is 42.7 Å². The highest BCUT2D eigenvalue weighted by Gasteiger charge is 2.37. The van der Waals surface area contributed by atoms with Gasteiger partial charge in [-0.2, -0.15) is 0 Å². The molecule has 1 amide bonds. The molecule has 23 heavy (non-hydrogen) atoms. The first-order valence-corrected chi connectivity index (χ1v) is 8.47. The van der Waals surface area contributed by atoms with Crippen LogP contribution < -0.4 is 0 Å². The molecule has 1 aromatic carbocycles. The van der Waals surface area contributed by atoms with Crippen molar-refractivity contribution >= 4 is 5.91 Å². The summed E-state index contributed by atoms with van der Waals surface area (Å²) >= 11 is 0. The van der Waals surface area contributed by atoms with Gasteiger partial charge in [-0.15, -0.1) is 0 Å². The van der Waals surface area contributed by atoms with E-state index in [0.29, 0.717) is 6.54 Å². The van der Waals surface area contributed by atoms with Crippen molar-refractivity contribution in [2.24, 2.45) is 5.41 Å². The normalized spacial score (nSPS) is 18.2. The molecule has 128 valence electrons. The quantitative estimate of drug-likeness (QED) is 0.877. The van der Waals surface area contributed by atoms with Crippen LogP contribution in [0.2, 0.25) is 0 Å². The molecule has 0 heterocycles. The molecule has 1 aliphatic rings. The molecule has 0 spiro atoms. The van der Waals surface area contributed by atoms with Crippen LogP contribution in [0.25, 0.3) is 0 Å². The summed E-state index contributed by atoms with van der Waals surface area (Å²) in [6.07, 6.45) is 4.32. The van der Waals surface area contributed by atoms with Gasteiger partial charge in [0.15, 0.2) is 0 Å². The van der Waals surface area contributed by atoms with Crippen LogP contribution in [-0.2, 0) is 4.79 Å². The molecule has 2 rings (SSSR count). The van der Waals surface area contributed by atoms with Crippen molar-refractivity contribution in [3.05, 3.63) is 35.4 Å². The Morgan fingerprint density at radius 2 is 1.91 bits per heavy atom. The summed E-state index contributed by atoms with van der Waals surface area (Å²) in [5.41, 5.74) is 2.08. The van der Waals surface area contributed by atoms with Crippen molar-refractivity contribution in [3.63, 3.8) is 0 Å². The van der Waals surface area contributed by atoms with Gasteiger partial charge in [-0.3, -0.25) is 9.69 Å². The molecule has 0 bridgehead atoms. The third-order valence-corrected chi connectivity index (χ3v) is 5.06. The zero-order valence-corrected chi connectivity index (χ0v) is 14.9. The largest absolute Gasteiger partial charge is 0.396 e. The maximum atomic E-state index is 13.0. The Morgan fingerprint density at radius 1 is 1.26 bits per heavy atom. The molecule has 1 N–H and O–H groups in total. The fourth-order valence-corrected chi connectivity index (χ4v) is 3.78. The second-order valence-electron chi connectivity index (χ2n) is 7.34. The van der Waals surface area contributed by atoms with Crippen LogP contribution in [-0.4, -0.2) is 55.1 Å². The van der Waals surface area contributed by atoms with E-state index >= 15 is 0 Å². The van der Waals surface area contributed by atoms with E-state index in [-0.39, 0.29) is 24.0 Å². The number of carbonyl (C=O) groups is 1. The number of aliphatic hydroxyl groups excluding tert-OH is 1. The number of amides is 1. The van der Waals surface area contributed by atoms with Crippen molar-refractivity contribution in [1.82, 2.24) is 9.80 Å². The van der Waals surface area contributed by atoms with Gasteiger partial charge >= 0.3 is 0 Å². The lowest BCUT2D eigenvalue weighted by Gasteiger charge is -2.35. The van der Waals surface area contributed by atoms with Gasteiger partial charge in [0.2, 0.25) is 5.91 Å². The summed E-state index contributed by atoms with van der Waals surface area (Å²) in [6.45, 7) is 2.85. The van der Waals surface area contributed by atoms with E-state index in [4.69, 9.17) is 0 Å². The number of aliphatic hydroxyl groups is 1. The molecule has 1 saturated carbocycles. The molecule has 0 radical (unpaired) electrons. The smallest absolute Gasteiger partial charge is 0.244 e. The highest BCUT2D eigenvalue weighted by atomic mass is 16.3. The van der Waals surface area contributed by atoms with Crippen molar-refractivity contribution in [2.45, 2.75) is 38.6 Å². The molecule has 1 aliphatic carbocycles. The molecular weight excluding hydrogens is 288 g/mol. The van der Waals surface area contributed by atoms with Crippen molar-refractivity contribution < 1.29 is 9.90 Å². The summed E-state index contributed by atoms with van der Waals surface area (Å²) in [4.78, 5) is 16.8. The number of carbonyl (C=O) groups excluding carboxylic acids is 1. The maximum Gasteiger partial charge on any atom is 0.244 e. The Hall–Kier alpha value is -1.39. The first-order chi connectivity index (χ1) is 10.9. The minimum atomic E-state index is -0.281. The standard InChI is InChI=1S/C19H30N2O2/c1-15-8-7-9-16(12-15)17(20(2)3)18(23)21(4)13-19(14-22)10-5-6-11-19/h7-9,12,17,22H,5-6,10-11,13-14H2,1-4H3/t17-/m0/s1. The molecule has 0 unspecified atom stereocenters. The van der Waals surface area contributed by atoms with Crippen LogP contribution in [0.15, 0.2) is 24.3 Å². The molecule has 0 aromatic heterocycles. The summed E-state index contributed by atoms with van der Waals surface area (Å²) in [5.74, 6) is 0.0975. The van der Waals surface area contributed by atoms with Crippen molar-refractivity contribution in [2.75, 3.05) is 34.3 Å². The highest BCUT2D eigenvalue weighted by Crippen LogP contribution is 2.38. The van der Waals surface area contributed by atoms with E-state index in [9.17, 15) is 9.90 Å². The highest BCUT2D eigenvalue weighted by molar-refractivity contribution is 5.83. The number of hydrogen-bond acceptors (Lipinski definition) is 3. The van der Waals surface area contributed by atoms with E-state index < -0.39 is 0 Å². The number of likely N-dealkylation sites (N-methyl/N-ethyl adjacent to an activating group) is 2. The number of aryl methyl sites for hydroxylation is 1. The molecule has 4 nitrogen and oxygen atoms in total. The summed E-state index contributed by atoms with van der Waals surface area (Å²) < 4.78 is 0. The molecule has 1 atom stereocenters. The summed E-state index contributed by atoms with van der Waals surface area (Å²) in [7, 11) is 5.75. The zero-order chi connectivity index (χ0) is 17.0. The predicted octanol–water partition coefficient (Wildman–Crippen LogP) is 2.61. The average Bonchev–Trinajstić information content (AvgIpc) is 2.96. The third-order valence-electron chi connectivity index (χ3n) is 5.06. The van der Waals surface area contributed by atoms with Gasteiger partial charge in [-0.25, -0.2) is 0 Å². The summed E-state index contributed by atoms with van der Waals surface area (Å²) in [5, 5.41) is 9.80. The number of nitrogens with zero attached hydrogens (tertiary/aromatic N) is 2. The van der Waals surface area contributed by atoms with Crippen molar-refractivity contribution in [1.29, 1.82) is 0 Å². The lowest BCUT2D eigenvalue weighted by Crippen LogP contribution is -2.44. The minimum absolute atomic E-state index is 0.0975. The molecular formula is C19H30N2O2. The number of benzene rings is 1. The Kier molecular flexibility index (Phi) is 5.82. The zero-order valence-electron chi connectivity index (χ0n) is 14.9. The Labute approximate surface area is 140 Å². The average molecular weight is 318 g/mol.